The van der Waals surface area contributed by atoms with Crippen LogP contribution >= 0.6 is 31.9 Å². The van der Waals surface area contributed by atoms with Crippen molar-refractivity contribution in [1.29, 1.82) is 0 Å². The normalized spacial score (nSPS) is 38.2. The fourth-order valence-corrected chi connectivity index (χ4v) is 8.47. The van der Waals surface area contributed by atoms with Gasteiger partial charge in [-0.05, 0) is 119 Å². The molecule has 2 atom stereocenters. The Morgan fingerprint density at radius 1 is 1.04 bits per heavy atom. The first-order valence-corrected chi connectivity index (χ1v) is 11.6. The maximum Gasteiger partial charge on any atom is 0.148 e. The summed E-state index contributed by atoms with van der Waals surface area (Å²) in [4.78, 5) is 0. The van der Waals surface area contributed by atoms with E-state index in [-0.39, 0.29) is 6.10 Å². The Bertz CT molecular complexity index is 675. The Hall–Kier alpha value is -0.0600. The highest BCUT2D eigenvalue weighted by molar-refractivity contribution is 9.11. The maximum absolute atomic E-state index is 5.92. The fourth-order valence-electron chi connectivity index (χ4n) is 7.00. The minimum atomic E-state index is 0.167. The van der Waals surface area contributed by atoms with Gasteiger partial charge in [-0.1, -0.05) is 13.8 Å². The first-order valence-electron chi connectivity index (χ1n) is 9.99. The fraction of sp³-hybridized carbons (Fsp3) is 0.727. The van der Waals surface area contributed by atoms with Crippen molar-refractivity contribution in [3.05, 3.63) is 26.6 Å². The zero-order valence-corrected chi connectivity index (χ0v) is 19.6. The molecule has 4 bridgehead atoms. The first kappa shape index (κ1) is 19.3. The molecule has 0 amide bonds. The van der Waals surface area contributed by atoms with Crippen molar-refractivity contribution >= 4 is 31.9 Å². The molecule has 0 aliphatic heterocycles. The van der Waals surface area contributed by atoms with E-state index in [2.05, 4.69) is 77.0 Å². The van der Waals surface area contributed by atoms with Gasteiger partial charge < -0.3 is 10.1 Å². The highest BCUT2D eigenvalue weighted by atomic mass is 79.9. The van der Waals surface area contributed by atoms with Crippen LogP contribution in [0.25, 0.3) is 0 Å². The van der Waals surface area contributed by atoms with Gasteiger partial charge in [-0.25, -0.2) is 0 Å². The molecule has 0 heterocycles. The highest BCUT2D eigenvalue weighted by Gasteiger charge is 2.59. The summed E-state index contributed by atoms with van der Waals surface area (Å²) in [6, 6.07) is 4.42. The number of hydrogen-bond acceptors (Lipinski definition) is 2. The van der Waals surface area contributed by atoms with E-state index in [9.17, 15) is 0 Å². The van der Waals surface area contributed by atoms with E-state index < -0.39 is 0 Å². The van der Waals surface area contributed by atoms with Gasteiger partial charge in [0.1, 0.15) is 5.75 Å². The molecule has 0 aromatic heterocycles. The molecule has 1 aromatic carbocycles. The Morgan fingerprint density at radius 2 is 1.62 bits per heavy atom. The van der Waals surface area contributed by atoms with Crippen molar-refractivity contribution in [3.63, 3.8) is 0 Å². The van der Waals surface area contributed by atoms with Crippen LogP contribution < -0.4 is 10.1 Å². The molecule has 26 heavy (non-hydrogen) atoms. The molecule has 0 saturated heterocycles. The summed E-state index contributed by atoms with van der Waals surface area (Å²) in [6.07, 6.45) is 8.56. The van der Waals surface area contributed by atoms with Crippen molar-refractivity contribution in [2.24, 2.45) is 16.7 Å². The first-order chi connectivity index (χ1) is 12.1. The number of halogens is 2. The van der Waals surface area contributed by atoms with Crippen LogP contribution in [0.1, 0.15) is 71.8 Å². The molecule has 5 rings (SSSR count). The Morgan fingerprint density at radius 3 is 2.12 bits per heavy atom. The largest absolute Gasteiger partial charge is 0.489 e. The molecule has 144 valence electrons. The minimum absolute atomic E-state index is 0.167. The molecule has 2 nitrogen and oxygen atoms in total. The highest BCUT2D eigenvalue weighted by Crippen LogP contribution is 2.66. The lowest BCUT2D eigenvalue weighted by Gasteiger charge is -2.65. The third-order valence-electron chi connectivity index (χ3n) is 6.71. The molecule has 4 aliphatic rings. The quantitative estimate of drug-likeness (QED) is 0.494. The summed E-state index contributed by atoms with van der Waals surface area (Å²) in [7, 11) is 0. The zero-order valence-electron chi connectivity index (χ0n) is 16.4. The summed E-state index contributed by atoms with van der Waals surface area (Å²) >= 11 is 7.39. The second-order valence-electron chi connectivity index (χ2n) is 10.3. The van der Waals surface area contributed by atoms with E-state index in [0.29, 0.717) is 16.4 Å². The Balaban J connectivity index is 1.51. The van der Waals surface area contributed by atoms with Gasteiger partial charge in [0.2, 0.25) is 0 Å². The molecule has 4 fully saturated rings. The van der Waals surface area contributed by atoms with Gasteiger partial charge in [0.05, 0.1) is 15.0 Å². The predicted octanol–water partition coefficient (Wildman–Crippen LogP) is 6.84. The van der Waals surface area contributed by atoms with Crippen LogP contribution in [-0.2, 0) is 6.54 Å². The molecule has 0 radical (unpaired) electrons. The van der Waals surface area contributed by atoms with Gasteiger partial charge >= 0.3 is 0 Å². The van der Waals surface area contributed by atoms with Gasteiger partial charge in [-0.2, -0.15) is 0 Å². The van der Waals surface area contributed by atoms with Crippen molar-refractivity contribution in [2.75, 3.05) is 0 Å². The topological polar surface area (TPSA) is 21.3 Å². The molecule has 4 saturated carbocycles. The number of rotatable bonds is 5. The second kappa shape index (κ2) is 6.49. The summed E-state index contributed by atoms with van der Waals surface area (Å²) < 4.78 is 7.98. The average Bonchev–Trinajstić information content (AvgIpc) is 2.45. The molecule has 0 spiro atoms. The molecule has 4 aliphatic carbocycles. The number of nitrogens with one attached hydrogen (secondary N) is 1. The second-order valence-corrected chi connectivity index (χ2v) is 12.0. The van der Waals surface area contributed by atoms with Crippen LogP contribution in [0.5, 0.6) is 5.75 Å². The molecule has 1 N–H and O–H groups in total. The van der Waals surface area contributed by atoms with Crippen LogP contribution in [0.4, 0.5) is 0 Å². The van der Waals surface area contributed by atoms with Gasteiger partial charge in [-0.3, -0.25) is 0 Å². The number of benzene rings is 1. The molecule has 1 aromatic rings. The lowest BCUT2D eigenvalue weighted by Crippen LogP contribution is -2.63. The summed E-state index contributed by atoms with van der Waals surface area (Å²) in [5, 5.41) is 4.03. The molecule has 4 heteroatoms. The Labute approximate surface area is 175 Å². The minimum Gasteiger partial charge on any atom is -0.489 e. The van der Waals surface area contributed by atoms with Crippen LogP contribution in [0.2, 0.25) is 0 Å². The van der Waals surface area contributed by atoms with E-state index in [0.717, 1.165) is 27.2 Å². The number of ether oxygens (including phenoxy) is 1. The lowest BCUT2D eigenvalue weighted by atomic mass is 9.43. The molecular formula is C22H31Br2NO. The monoisotopic (exact) mass is 483 g/mol. The maximum atomic E-state index is 5.92. The zero-order chi connectivity index (χ0) is 18.7. The van der Waals surface area contributed by atoms with Crippen LogP contribution in [-0.4, -0.2) is 11.6 Å². The summed E-state index contributed by atoms with van der Waals surface area (Å²) in [5.74, 6) is 1.83. The summed E-state index contributed by atoms with van der Waals surface area (Å²) in [6.45, 7) is 10.1. The smallest absolute Gasteiger partial charge is 0.148 e. The van der Waals surface area contributed by atoms with Crippen molar-refractivity contribution in [1.82, 2.24) is 5.32 Å². The van der Waals surface area contributed by atoms with Crippen LogP contribution in [0.3, 0.4) is 0 Å². The van der Waals surface area contributed by atoms with Crippen molar-refractivity contribution in [3.8, 4) is 5.75 Å². The Kier molecular flexibility index (Phi) is 4.81. The number of hydrogen-bond donors (Lipinski definition) is 1. The third kappa shape index (κ3) is 3.63. The van der Waals surface area contributed by atoms with Crippen molar-refractivity contribution < 1.29 is 4.74 Å². The SMILES string of the molecule is CC(C)Oc1c(Br)cc(CNC23CC4CC(C)(CC(C)(C4)C2)C3)cc1Br. The van der Waals surface area contributed by atoms with Crippen LogP contribution in [0, 0.1) is 16.7 Å². The average molecular weight is 485 g/mol. The van der Waals surface area contributed by atoms with Gasteiger partial charge in [-0.15, -0.1) is 0 Å². The standard InChI is InChI=1S/C22H31Br2NO/c1-14(2)26-19-17(23)5-15(6-18(19)24)10-25-22-9-16-7-20(3,12-22)11-21(4,8-16)13-22/h5-6,14,16,25H,7-13H2,1-4H3. The van der Waals surface area contributed by atoms with E-state index in [1.807, 2.05) is 0 Å². The van der Waals surface area contributed by atoms with Gasteiger partial charge in [0.25, 0.3) is 0 Å². The predicted molar refractivity (Wildman–Crippen MR) is 115 cm³/mol. The van der Waals surface area contributed by atoms with Gasteiger partial charge in [0, 0.05) is 12.1 Å². The van der Waals surface area contributed by atoms with E-state index in [4.69, 9.17) is 4.74 Å². The van der Waals surface area contributed by atoms with E-state index in [1.54, 1.807) is 0 Å². The van der Waals surface area contributed by atoms with E-state index in [1.165, 1.54) is 44.1 Å². The third-order valence-corrected chi connectivity index (χ3v) is 7.88. The van der Waals surface area contributed by atoms with Crippen LogP contribution in [0.15, 0.2) is 21.1 Å². The molecule has 2 unspecified atom stereocenters. The summed E-state index contributed by atoms with van der Waals surface area (Å²) in [5.41, 5.74) is 2.76. The lowest BCUT2D eigenvalue weighted by molar-refractivity contribution is -0.118. The van der Waals surface area contributed by atoms with Crippen molar-refractivity contribution in [2.45, 2.75) is 84.4 Å². The van der Waals surface area contributed by atoms with E-state index >= 15 is 0 Å². The molecular weight excluding hydrogens is 454 g/mol. The van der Waals surface area contributed by atoms with Gasteiger partial charge in [0.15, 0.2) is 0 Å².